The summed E-state index contributed by atoms with van der Waals surface area (Å²) in [6.45, 7) is 2.03. The van der Waals surface area contributed by atoms with Crippen LogP contribution in [0.4, 0.5) is 0 Å². The fraction of sp³-hybridized carbons (Fsp3) is 0.222. The van der Waals surface area contributed by atoms with Gasteiger partial charge in [0.05, 0.1) is 5.02 Å². The van der Waals surface area contributed by atoms with Crippen molar-refractivity contribution in [3.63, 3.8) is 0 Å². The first kappa shape index (κ1) is 12.3. The molecule has 0 saturated heterocycles. The van der Waals surface area contributed by atoms with E-state index in [4.69, 9.17) is 11.6 Å². The molecule has 0 aliphatic heterocycles. The van der Waals surface area contributed by atoms with Crippen LogP contribution in [0.2, 0.25) is 5.02 Å². The molecule has 7 heteroatoms. The van der Waals surface area contributed by atoms with E-state index in [0.29, 0.717) is 5.02 Å². The van der Waals surface area contributed by atoms with E-state index in [1.165, 1.54) is 23.3 Å². The molecular formula is C9H7BrClN3S2. The molecule has 0 aliphatic rings. The zero-order chi connectivity index (χ0) is 11.5. The molecule has 84 valence electrons. The summed E-state index contributed by atoms with van der Waals surface area (Å²) >= 11 is 12.2. The van der Waals surface area contributed by atoms with Gasteiger partial charge in [0.15, 0.2) is 4.34 Å². The Morgan fingerprint density at radius 3 is 3.00 bits per heavy atom. The van der Waals surface area contributed by atoms with Gasteiger partial charge < -0.3 is 0 Å². The van der Waals surface area contributed by atoms with Crippen molar-refractivity contribution in [1.29, 1.82) is 0 Å². The highest BCUT2D eigenvalue weighted by molar-refractivity contribution is 9.10. The van der Waals surface area contributed by atoms with Crippen LogP contribution < -0.4 is 0 Å². The van der Waals surface area contributed by atoms with E-state index in [-0.39, 0.29) is 0 Å². The normalized spacial score (nSPS) is 10.7. The Balaban J connectivity index is 2.20. The van der Waals surface area contributed by atoms with E-state index < -0.39 is 0 Å². The van der Waals surface area contributed by atoms with Crippen molar-refractivity contribution in [3.05, 3.63) is 27.6 Å². The molecule has 0 atom stereocenters. The lowest BCUT2D eigenvalue weighted by molar-refractivity contribution is 0.970. The quantitative estimate of drug-likeness (QED) is 0.847. The molecule has 16 heavy (non-hydrogen) atoms. The maximum absolute atomic E-state index is 6.06. The summed E-state index contributed by atoms with van der Waals surface area (Å²) in [5, 5.41) is 1.37. The summed E-state index contributed by atoms with van der Waals surface area (Å²) < 4.78 is 5.95. The third kappa shape index (κ3) is 2.94. The van der Waals surface area contributed by atoms with Gasteiger partial charge in [-0.2, -0.15) is 4.37 Å². The van der Waals surface area contributed by atoms with Crippen LogP contribution in [0.25, 0.3) is 0 Å². The van der Waals surface area contributed by atoms with Gasteiger partial charge in [-0.05, 0) is 45.3 Å². The maximum Gasteiger partial charge on any atom is 0.176 e. The zero-order valence-corrected chi connectivity index (χ0v) is 12.3. The summed E-state index contributed by atoms with van der Waals surface area (Å²) in [4.78, 5) is 8.58. The Morgan fingerprint density at radius 1 is 1.56 bits per heavy atom. The molecule has 0 amide bonds. The predicted octanol–water partition coefficient (Wildman–Crippen LogP) is 4.06. The van der Waals surface area contributed by atoms with Gasteiger partial charge in [-0.15, -0.1) is 0 Å². The summed E-state index contributed by atoms with van der Waals surface area (Å²) in [5.74, 6) is 0.862. The van der Waals surface area contributed by atoms with Crippen molar-refractivity contribution in [2.24, 2.45) is 0 Å². The van der Waals surface area contributed by atoms with Gasteiger partial charge in [0.2, 0.25) is 0 Å². The first-order valence-corrected chi connectivity index (χ1v) is 7.26. The average Bonchev–Trinajstić information content (AvgIpc) is 2.70. The number of hydrogen-bond donors (Lipinski definition) is 0. The first-order valence-electron chi connectivity index (χ1n) is 4.50. The molecule has 0 bridgehead atoms. The molecule has 2 aromatic rings. The lowest BCUT2D eigenvalue weighted by atomic mass is 10.5. The third-order valence-electron chi connectivity index (χ3n) is 1.72. The van der Waals surface area contributed by atoms with Crippen LogP contribution in [-0.2, 0) is 6.42 Å². The predicted molar refractivity (Wildman–Crippen MR) is 70.4 cm³/mol. The number of aromatic nitrogens is 3. The van der Waals surface area contributed by atoms with Gasteiger partial charge in [-0.3, -0.25) is 0 Å². The average molecular weight is 337 g/mol. The van der Waals surface area contributed by atoms with E-state index >= 15 is 0 Å². The monoisotopic (exact) mass is 335 g/mol. The highest BCUT2D eigenvalue weighted by Gasteiger charge is 2.09. The SMILES string of the molecule is CCc1nsc(Sc2ncc(Br)cc2Cl)n1. The molecular weight excluding hydrogens is 330 g/mol. The van der Waals surface area contributed by atoms with Crippen molar-refractivity contribution in [3.8, 4) is 0 Å². The lowest BCUT2D eigenvalue weighted by Gasteiger charge is -1.99. The van der Waals surface area contributed by atoms with Crippen LogP contribution in [0.1, 0.15) is 12.7 Å². The van der Waals surface area contributed by atoms with Gasteiger partial charge in [0, 0.05) is 17.1 Å². The highest BCUT2D eigenvalue weighted by atomic mass is 79.9. The molecule has 0 radical (unpaired) electrons. The molecule has 3 nitrogen and oxygen atoms in total. The standard InChI is InChI=1S/C9H7BrClN3S2/c1-2-7-13-9(16-14-7)15-8-6(11)3-5(10)4-12-8/h3-4H,2H2,1H3. The lowest BCUT2D eigenvalue weighted by Crippen LogP contribution is -1.83. The van der Waals surface area contributed by atoms with Gasteiger partial charge in [0.1, 0.15) is 10.9 Å². The van der Waals surface area contributed by atoms with Crippen LogP contribution in [0, 0.1) is 0 Å². The van der Waals surface area contributed by atoms with Crippen molar-refractivity contribution < 1.29 is 0 Å². The van der Waals surface area contributed by atoms with Crippen LogP contribution in [-0.4, -0.2) is 14.3 Å². The van der Waals surface area contributed by atoms with E-state index in [1.54, 1.807) is 6.20 Å². The molecule has 0 spiro atoms. The van der Waals surface area contributed by atoms with Crippen molar-refractivity contribution in [2.75, 3.05) is 0 Å². The number of rotatable bonds is 3. The van der Waals surface area contributed by atoms with E-state index in [9.17, 15) is 0 Å². The highest BCUT2D eigenvalue weighted by Crippen LogP contribution is 2.33. The minimum atomic E-state index is 0.618. The Morgan fingerprint density at radius 2 is 2.38 bits per heavy atom. The molecule has 0 aliphatic carbocycles. The first-order chi connectivity index (χ1) is 7.69. The van der Waals surface area contributed by atoms with Crippen LogP contribution in [0.15, 0.2) is 26.1 Å². The zero-order valence-electron chi connectivity index (χ0n) is 8.28. The molecule has 2 aromatic heterocycles. The minimum absolute atomic E-state index is 0.618. The summed E-state index contributed by atoms with van der Waals surface area (Å²) in [7, 11) is 0. The van der Waals surface area contributed by atoms with Crippen molar-refractivity contribution in [2.45, 2.75) is 22.7 Å². The number of hydrogen-bond acceptors (Lipinski definition) is 5. The molecule has 2 heterocycles. The second-order valence-electron chi connectivity index (χ2n) is 2.87. The molecule has 0 aromatic carbocycles. The largest absolute Gasteiger partial charge is 0.247 e. The van der Waals surface area contributed by atoms with Gasteiger partial charge in [-0.1, -0.05) is 18.5 Å². The van der Waals surface area contributed by atoms with Gasteiger partial charge >= 0.3 is 0 Å². The Kier molecular flexibility index (Phi) is 4.18. The molecule has 0 fully saturated rings. The summed E-state index contributed by atoms with van der Waals surface area (Å²) in [6.07, 6.45) is 2.56. The molecule has 2 rings (SSSR count). The fourth-order valence-corrected chi connectivity index (χ4v) is 3.30. The Bertz CT molecular complexity index is 503. The van der Waals surface area contributed by atoms with Crippen LogP contribution >= 0.6 is 50.8 Å². The fourth-order valence-electron chi connectivity index (χ4n) is 0.983. The number of nitrogens with zero attached hydrogens (tertiary/aromatic N) is 3. The number of halogens is 2. The molecule has 0 saturated carbocycles. The Labute approximate surface area is 115 Å². The van der Waals surface area contributed by atoms with Crippen molar-refractivity contribution >= 4 is 50.8 Å². The topological polar surface area (TPSA) is 38.7 Å². The Hall–Kier alpha value is -0.170. The van der Waals surface area contributed by atoms with Gasteiger partial charge in [0.25, 0.3) is 0 Å². The second kappa shape index (κ2) is 5.44. The minimum Gasteiger partial charge on any atom is -0.247 e. The second-order valence-corrected chi connectivity index (χ2v) is 6.18. The van der Waals surface area contributed by atoms with Crippen LogP contribution in [0.3, 0.4) is 0 Å². The number of aryl methyl sites for hydroxylation is 1. The van der Waals surface area contributed by atoms with Crippen molar-refractivity contribution in [1.82, 2.24) is 14.3 Å². The summed E-state index contributed by atoms with van der Waals surface area (Å²) in [6, 6.07) is 1.82. The van der Waals surface area contributed by atoms with E-state index in [1.807, 2.05) is 13.0 Å². The summed E-state index contributed by atoms with van der Waals surface area (Å²) in [5.41, 5.74) is 0. The van der Waals surface area contributed by atoms with E-state index in [2.05, 4.69) is 30.3 Å². The number of pyridine rings is 1. The molecule has 0 N–H and O–H groups in total. The van der Waals surface area contributed by atoms with E-state index in [0.717, 1.165) is 26.1 Å². The smallest absolute Gasteiger partial charge is 0.176 e. The van der Waals surface area contributed by atoms with Gasteiger partial charge in [-0.25, -0.2) is 9.97 Å². The van der Waals surface area contributed by atoms with Crippen LogP contribution in [0.5, 0.6) is 0 Å². The molecule has 0 unspecified atom stereocenters. The third-order valence-corrected chi connectivity index (χ3v) is 4.37. The maximum atomic E-state index is 6.06.